The highest BCUT2D eigenvalue weighted by atomic mass is 16.6. The largest absolute Gasteiger partial charge is 0.461 e. The summed E-state index contributed by atoms with van der Waals surface area (Å²) in [5.74, 6) is 1.48. The highest BCUT2D eigenvalue weighted by Crippen LogP contribution is 2.30. The summed E-state index contributed by atoms with van der Waals surface area (Å²) < 4.78 is 5.49. The van der Waals surface area contributed by atoms with Gasteiger partial charge in [0.25, 0.3) is 11.4 Å². The predicted octanol–water partition coefficient (Wildman–Crippen LogP) is 5.99. The Bertz CT molecular complexity index is 1530. The number of nitro benzene ring substituents is 2. The summed E-state index contributed by atoms with van der Waals surface area (Å²) in [6.07, 6.45) is 1.54. The standard InChI is InChI=1S/C25H17N5O5/c31-29(32)19-8-3-16(4-9-19)15-26-24-21-12-7-18(17-5-10-20(11-6-17)30(33)34)14-22(21)27-25(28-24)23-2-1-13-35-23/h1-14H,15H2,(H,26,27,28). The third-order valence-electron chi connectivity index (χ3n) is 5.46. The maximum absolute atomic E-state index is 11.0. The smallest absolute Gasteiger partial charge is 0.269 e. The van der Waals surface area contributed by atoms with E-state index in [1.54, 1.807) is 42.7 Å². The van der Waals surface area contributed by atoms with Crippen LogP contribution >= 0.6 is 0 Å². The van der Waals surface area contributed by atoms with Crippen LogP contribution in [0, 0.1) is 20.2 Å². The molecule has 0 amide bonds. The molecule has 3 aromatic carbocycles. The quantitative estimate of drug-likeness (QED) is 0.228. The number of fused-ring (bicyclic) bond motifs is 1. The summed E-state index contributed by atoms with van der Waals surface area (Å²) in [5, 5.41) is 25.9. The lowest BCUT2D eigenvalue weighted by Gasteiger charge is -2.12. The Morgan fingerprint density at radius 3 is 2.09 bits per heavy atom. The molecule has 1 N–H and O–H groups in total. The van der Waals surface area contributed by atoms with Crippen LogP contribution in [0.3, 0.4) is 0 Å². The van der Waals surface area contributed by atoms with Crippen molar-refractivity contribution in [2.75, 3.05) is 5.32 Å². The maximum atomic E-state index is 11.0. The van der Waals surface area contributed by atoms with Gasteiger partial charge < -0.3 is 9.73 Å². The molecule has 0 aliphatic carbocycles. The van der Waals surface area contributed by atoms with Gasteiger partial charge >= 0.3 is 0 Å². The average molecular weight is 467 g/mol. The zero-order valence-electron chi connectivity index (χ0n) is 18.1. The highest BCUT2D eigenvalue weighted by Gasteiger charge is 2.13. The normalized spacial score (nSPS) is 10.9. The molecule has 2 aromatic heterocycles. The molecule has 0 saturated heterocycles. The van der Waals surface area contributed by atoms with Gasteiger partial charge in [-0.15, -0.1) is 0 Å². The van der Waals surface area contributed by atoms with Crippen molar-refractivity contribution in [2.45, 2.75) is 6.54 Å². The van der Waals surface area contributed by atoms with Gasteiger partial charge in [-0.05, 0) is 53.1 Å². The van der Waals surface area contributed by atoms with Crippen molar-refractivity contribution in [3.63, 3.8) is 0 Å². The van der Waals surface area contributed by atoms with E-state index in [9.17, 15) is 20.2 Å². The van der Waals surface area contributed by atoms with Crippen molar-refractivity contribution >= 4 is 28.1 Å². The first kappa shape index (κ1) is 21.7. The fourth-order valence-electron chi connectivity index (χ4n) is 3.66. The third kappa shape index (κ3) is 4.53. The highest BCUT2D eigenvalue weighted by molar-refractivity contribution is 5.93. The minimum Gasteiger partial charge on any atom is -0.461 e. The molecular weight excluding hydrogens is 450 g/mol. The van der Waals surface area contributed by atoms with Crippen molar-refractivity contribution in [3.8, 4) is 22.7 Å². The summed E-state index contributed by atoms with van der Waals surface area (Å²) >= 11 is 0. The van der Waals surface area contributed by atoms with Crippen molar-refractivity contribution in [2.24, 2.45) is 0 Å². The van der Waals surface area contributed by atoms with Gasteiger partial charge in [-0.1, -0.05) is 18.2 Å². The van der Waals surface area contributed by atoms with Gasteiger partial charge in [-0.2, -0.15) is 0 Å². The number of rotatable bonds is 7. The molecule has 0 aliphatic heterocycles. The summed E-state index contributed by atoms with van der Waals surface area (Å²) in [6.45, 7) is 0.395. The van der Waals surface area contributed by atoms with Crippen molar-refractivity contribution in [1.29, 1.82) is 0 Å². The van der Waals surface area contributed by atoms with Crippen LogP contribution in [0.4, 0.5) is 17.2 Å². The Morgan fingerprint density at radius 1 is 0.800 bits per heavy atom. The number of anilines is 1. The van der Waals surface area contributed by atoms with Gasteiger partial charge in [0.1, 0.15) is 5.82 Å². The number of nitrogens with one attached hydrogen (secondary N) is 1. The monoisotopic (exact) mass is 467 g/mol. The second kappa shape index (κ2) is 9.02. The molecule has 172 valence electrons. The molecule has 0 saturated carbocycles. The van der Waals surface area contributed by atoms with Crippen LogP contribution in [-0.4, -0.2) is 19.8 Å². The molecule has 0 fully saturated rings. The minimum absolute atomic E-state index is 0.0229. The van der Waals surface area contributed by atoms with E-state index in [1.807, 2.05) is 18.2 Å². The molecule has 0 atom stereocenters. The topological polar surface area (TPSA) is 137 Å². The average Bonchev–Trinajstić information content (AvgIpc) is 3.42. The first-order chi connectivity index (χ1) is 17.0. The molecular formula is C25H17N5O5. The molecule has 0 spiro atoms. The second-order valence-electron chi connectivity index (χ2n) is 7.69. The number of nitrogens with zero attached hydrogens (tertiary/aromatic N) is 4. The van der Waals surface area contributed by atoms with Gasteiger partial charge in [0.15, 0.2) is 11.6 Å². The van der Waals surface area contributed by atoms with Gasteiger partial charge in [0, 0.05) is 36.2 Å². The number of furan rings is 1. The number of nitro groups is 2. The number of hydrogen-bond acceptors (Lipinski definition) is 8. The maximum Gasteiger partial charge on any atom is 0.269 e. The Labute approximate surface area is 198 Å². The molecule has 0 bridgehead atoms. The Balaban J connectivity index is 1.52. The van der Waals surface area contributed by atoms with Gasteiger partial charge in [-0.25, -0.2) is 9.97 Å². The summed E-state index contributed by atoms with van der Waals surface area (Å²) in [6, 6.07) is 21.8. The summed E-state index contributed by atoms with van der Waals surface area (Å²) in [4.78, 5) is 30.3. The van der Waals surface area contributed by atoms with E-state index in [0.717, 1.165) is 22.1 Å². The Morgan fingerprint density at radius 2 is 1.46 bits per heavy atom. The van der Waals surface area contributed by atoms with Crippen LogP contribution in [0.15, 0.2) is 89.5 Å². The van der Waals surface area contributed by atoms with Crippen LogP contribution < -0.4 is 5.32 Å². The third-order valence-corrected chi connectivity index (χ3v) is 5.46. The van der Waals surface area contributed by atoms with E-state index in [2.05, 4.69) is 15.3 Å². The van der Waals surface area contributed by atoms with Crippen molar-refractivity contribution in [1.82, 2.24) is 9.97 Å². The number of non-ortho nitro benzene ring substituents is 2. The minimum atomic E-state index is -0.437. The molecule has 35 heavy (non-hydrogen) atoms. The Kier molecular flexibility index (Phi) is 5.60. The van der Waals surface area contributed by atoms with Gasteiger partial charge in [0.2, 0.25) is 0 Å². The van der Waals surface area contributed by atoms with E-state index in [0.29, 0.717) is 29.5 Å². The molecule has 0 unspecified atom stereocenters. The zero-order chi connectivity index (χ0) is 24.4. The van der Waals surface area contributed by atoms with Gasteiger partial charge in [0.05, 0.1) is 21.6 Å². The van der Waals surface area contributed by atoms with Crippen LogP contribution in [0.5, 0.6) is 0 Å². The van der Waals surface area contributed by atoms with Crippen LogP contribution in [0.2, 0.25) is 0 Å². The lowest BCUT2D eigenvalue weighted by molar-refractivity contribution is -0.385. The molecule has 2 heterocycles. The zero-order valence-corrected chi connectivity index (χ0v) is 18.1. The summed E-state index contributed by atoms with van der Waals surface area (Å²) in [5.41, 5.74) is 3.22. The number of hydrogen-bond donors (Lipinski definition) is 1. The molecule has 10 nitrogen and oxygen atoms in total. The van der Waals surface area contributed by atoms with E-state index in [1.165, 1.54) is 24.3 Å². The van der Waals surface area contributed by atoms with E-state index < -0.39 is 9.85 Å². The van der Waals surface area contributed by atoms with Crippen LogP contribution in [-0.2, 0) is 6.54 Å². The first-order valence-corrected chi connectivity index (χ1v) is 10.6. The van der Waals surface area contributed by atoms with Crippen molar-refractivity contribution < 1.29 is 14.3 Å². The first-order valence-electron chi connectivity index (χ1n) is 10.6. The second-order valence-corrected chi connectivity index (χ2v) is 7.69. The van der Waals surface area contributed by atoms with E-state index in [-0.39, 0.29) is 11.4 Å². The molecule has 0 radical (unpaired) electrons. The van der Waals surface area contributed by atoms with Crippen LogP contribution in [0.25, 0.3) is 33.6 Å². The molecule has 5 aromatic rings. The lowest BCUT2D eigenvalue weighted by atomic mass is 10.0. The molecule has 5 rings (SSSR count). The summed E-state index contributed by atoms with van der Waals surface area (Å²) in [7, 11) is 0. The molecule has 10 heteroatoms. The van der Waals surface area contributed by atoms with Crippen LogP contribution in [0.1, 0.15) is 5.56 Å². The molecule has 0 aliphatic rings. The Hall–Kier alpha value is -5.12. The van der Waals surface area contributed by atoms with E-state index >= 15 is 0 Å². The number of benzene rings is 3. The number of aromatic nitrogens is 2. The van der Waals surface area contributed by atoms with Crippen molar-refractivity contribution in [3.05, 3.63) is 111 Å². The van der Waals surface area contributed by atoms with Gasteiger partial charge in [-0.3, -0.25) is 20.2 Å². The SMILES string of the molecule is O=[N+]([O-])c1ccc(CNc2nc(-c3ccco3)nc3cc(-c4ccc([N+](=O)[O-])cc4)ccc23)cc1. The van der Waals surface area contributed by atoms with E-state index in [4.69, 9.17) is 4.42 Å². The predicted molar refractivity (Wildman–Crippen MR) is 130 cm³/mol. The lowest BCUT2D eigenvalue weighted by Crippen LogP contribution is -2.04. The fourth-order valence-corrected chi connectivity index (χ4v) is 3.66. The fraction of sp³-hybridized carbons (Fsp3) is 0.0400.